The van der Waals surface area contributed by atoms with E-state index in [1.807, 2.05) is 30.3 Å². The van der Waals surface area contributed by atoms with E-state index in [0.717, 1.165) is 39.9 Å². The topological polar surface area (TPSA) is 47.9 Å². The molecule has 0 atom stereocenters. The van der Waals surface area contributed by atoms with Crippen molar-refractivity contribution in [1.29, 1.82) is 0 Å². The molecule has 0 N–H and O–H groups in total. The Morgan fingerprint density at radius 1 is 1.10 bits per heavy atom. The first kappa shape index (κ1) is 12.7. The lowest BCUT2D eigenvalue weighted by molar-refractivity contribution is 0.463. The highest BCUT2D eigenvalue weighted by Crippen LogP contribution is 2.39. The molecule has 4 nitrogen and oxygen atoms in total. The zero-order valence-corrected chi connectivity index (χ0v) is 12.7. The van der Waals surface area contributed by atoms with Crippen LogP contribution in [-0.4, -0.2) is 15.0 Å². The largest absolute Gasteiger partial charge is 0.438 e. The highest BCUT2D eigenvalue weighted by Gasteiger charge is 2.27. The van der Waals surface area contributed by atoms with Gasteiger partial charge in [0, 0.05) is 23.6 Å². The van der Waals surface area contributed by atoms with E-state index in [0.29, 0.717) is 11.8 Å². The van der Waals surface area contributed by atoms with Gasteiger partial charge in [-0.2, -0.15) is 4.98 Å². The van der Waals surface area contributed by atoms with Crippen LogP contribution in [-0.2, 0) is 0 Å². The van der Waals surface area contributed by atoms with Gasteiger partial charge in [0.2, 0.25) is 5.88 Å². The summed E-state index contributed by atoms with van der Waals surface area (Å²) in [6, 6.07) is 11.5. The van der Waals surface area contributed by atoms with Crippen molar-refractivity contribution in [3.8, 4) is 11.6 Å². The van der Waals surface area contributed by atoms with Crippen LogP contribution >= 0.6 is 15.9 Å². The predicted molar refractivity (Wildman–Crippen MR) is 83.5 cm³/mol. The summed E-state index contributed by atoms with van der Waals surface area (Å²) in [5.74, 6) is 2.67. The average molecular weight is 342 g/mol. The second kappa shape index (κ2) is 5.07. The summed E-state index contributed by atoms with van der Waals surface area (Å²) in [4.78, 5) is 13.3. The minimum atomic E-state index is 0.485. The van der Waals surface area contributed by atoms with Crippen LogP contribution in [0.2, 0.25) is 0 Å². The van der Waals surface area contributed by atoms with Crippen LogP contribution in [0, 0.1) is 0 Å². The van der Waals surface area contributed by atoms with Crippen LogP contribution in [0.4, 0.5) is 0 Å². The smallest absolute Gasteiger partial charge is 0.223 e. The molecule has 0 aliphatic heterocycles. The summed E-state index contributed by atoms with van der Waals surface area (Å²) >= 11 is 3.43. The molecule has 1 aliphatic carbocycles. The fourth-order valence-electron chi connectivity index (χ4n) is 2.27. The average Bonchev–Trinajstić information content (AvgIpc) is 3.32. The van der Waals surface area contributed by atoms with E-state index in [1.165, 1.54) is 0 Å². The quantitative estimate of drug-likeness (QED) is 0.660. The van der Waals surface area contributed by atoms with Gasteiger partial charge in [-0.3, -0.25) is 4.98 Å². The molecule has 0 radical (unpaired) electrons. The molecule has 21 heavy (non-hydrogen) atoms. The maximum absolute atomic E-state index is 5.97. The van der Waals surface area contributed by atoms with Crippen molar-refractivity contribution in [1.82, 2.24) is 15.0 Å². The highest BCUT2D eigenvalue weighted by atomic mass is 79.9. The van der Waals surface area contributed by atoms with Crippen LogP contribution < -0.4 is 4.74 Å². The van der Waals surface area contributed by atoms with Crippen LogP contribution in [0.5, 0.6) is 11.6 Å². The number of hydrogen-bond donors (Lipinski definition) is 0. The summed E-state index contributed by atoms with van der Waals surface area (Å²) in [7, 11) is 0. The molecule has 0 unspecified atom stereocenters. The van der Waals surface area contributed by atoms with E-state index in [-0.39, 0.29) is 0 Å². The SMILES string of the molecule is Brc1cc(Oc2cccc3ncccc23)nc(C2CC2)n1. The van der Waals surface area contributed by atoms with E-state index in [4.69, 9.17) is 4.74 Å². The maximum Gasteiger partial charge on any atom is 0.223 e. The van der Waals surface area contributed by atoms with E-state index in [1.54, 1.807) is 12.3 Å². The number of nitrogens with zero attached hydrogens (tertiary/aromatic N) is 3. The molecular formula is C16H12BrN3O. The summed E-state index contributed by atoms with van der Waals surface area (Å²) in [6.07, 6.45) is 4.10. The Balaban J connectivity index is 1.74. The molecule has 0 saturated heterocycles. The third-order valence-electron chi connectivity index (χ3n) is 3.45. The normalized spacial score (nSPS) is 14.3. The summed E-state index contributed by atoms with van der Waals surface area (Å²) < 4.78 is 6.73. The second-order valence-corrected chi connectivity index (χ2v) is 5.90. The molecule has 5 heteroatoms. The summed E-state index contributed by atoms with van der Waals surface area (Å²) in [5.41, 5.74) is 0.908. The molecule has 1 fully saturated rings. The Morgan fingerprint density at radius 2 is 2.00 bits per heavy atom. The Morgan fingerprint density at radius 3 is 2.86 bits per heavy atom. The van der Waals surface area contributed by atoms with E-state index >= 15 is 0 Å². The number of hydrogen-bond acceptors (Lipinski definition) is 4. The van der Waals surface area contributed by atoms with Gasteiger partial charge >= 0.3 is 0 Å². The Bertz CT molecular complexity index is 812. The number of fused-ring (bicyclic) bond motifs is 1. The Labute approximate surface area is 130 Å². The van der Waals surface area contributed by atoms with Crippen molar-refractivity contribution in [2.75, 3.05) is 0 Å². The highest BCUT2D eigenvalue weighted by molar-refractivity contribution is 9.10. The van der Waals surface area contributed by atoms with Crippen LogP contribution in [0.15, 0.2) is 47.2 Å². The van der Waals surface area contributed by atoms with Gasteiger partial charge in [-0.25, -0.2) is 4.98 Å². The number of halogens is 1. The zero-order chi connectivity index (χ0) is 14.2. The first-order valence-electron chi connectivity index (χ1n) is 6.86. The molecule has 4 rings (SSSR count). The number of benzene rings is 1. The number of pyridine rings is 1. The summed E-state index contributed by atoms with van der Waals surface area (Å²) in [6.45, 7) is 0. The standard InChI is InChI=1S/C16H12BrN3O/c17-14-9-15(20-16(19-14)10-6-7-10)21-13-5-1-4-12-11(13)3-2-8-18-12/h1-5,8-10H,6-7H2. The fraction of sp³-hybridized carbons (Fsp3) is 0.188. The van der Waals surface area contributed by atoms with Gasteiger partial charge < -0.3 is 4.74 Å². The van der Waals surface area contributed by atoms with E-state index in [9.17, 15) is 0 Å². The lowest BCUT2D eigenvalue weighted by Gasteiger charge is -2.09. The summed E-state index contributed by atoms with van der Waals surface area (Å²) in [5, 5.41) is 0.975. The van der Waals surface area contributed by atoms with Gasteiger partial charge in [0.15, 0.2) is 0 Å². The lowest BCUT2D eigenvalue weighted by atomic mass is 10.2. The molecule has 0 spiro atoms. The van der Waals surface area contributed by atoms with Crippen molar-refractivity contribution in [2.45, 2.75) is 18.8 Å². The molecule has 1 aromatic carbocycles. The molecule has 2 aromatic heterocycles. The van der Waals surface area contributed by atoms with Crippen molar-refractivity contribution in [3.05, 3.63) is 53.0 Å². The van der Waals surface area contributed by atoms with Crippen LogP contribution in [0.25, 0.3) is 10.9 Å². The zero-order valence-electron chi connectivity index (χ0n) is 11.2. The molecule has 1 aliphatic rings. The molecule has 0 amide bonds. The molecule has 2 heterocycles. The third kappa shape index (κ3) is 2.61. The minimum absolute atomic E-state index is 0.485. The van der Waals surface area contributed by atoms with Gasteiger partial charge in [-0.15, -0.1) is 0 Å². The number of aromatic nitrogens is 3. The molecule has 104 valence electrons. The van der Waals surface area contributed by atoms with Crippen molar-refractivity contribution in [3.63, 3.8) is 0 Å². The number of ether oxygens (including phenoxy) is 1. The van der Waals surface area contributed by atoms with Gasteiger partial charge in [0.05, 0.1) is 5.52 Å². The molecule has 0 bridgehead atoms. The van der Waals surface area contributed by atoms with E-state index < -0.39 is 0 Å². The molecule has 1 saturated carbocycles. The van der Waals surface area contributed by atoms with Gasteiger partial charge in [0.25, 0.3) is 0 Å². The monoisotopic (exact) mass is 341 g/mol. The maximum atomic E-state index is 5.97. The first-order valence-corrected chi connectivity index (χ1v) is 7.65. The Kier molecular flexibility index (Phi) is 3.07. The van der Waals surface area contributed by atoms with Crippen molar-refractivity contribution < 1.29 is 4.74 Å². The van der Waals surface area contributed by atoms with Crippen molar-refractivity contribution in [2.24, 2.45) is 0 Å². The minimum Gasteiger partial charge on any atom is -0.438 e. The van der Waals surface area contributed by atoms with Crippen molar-refractivity contribution >= 4 is 26.8 Å². The van der Waals surface area contributed by atoms with E-state index in [2.05, 4.69) is 30.9 Å². The van der Waals surface area contributed by atoms with Gasteiger partial charge in [-0.1, -0.05) is 6.07 Å². The second-order valence-electron chi connectivity index (χ2n) is 5.09. The van der Waals surface area contributed by atoms with Crippen LogP contribution in [0.3, 0.4) is 0 Å². The Hall–Kier alpha value is -2.01. The number of rotatable bonds is 3. The lowest BCUT2D eigenvalue weighted by Crippen LogP contribution is -1.97. The van der Waals surface area contributed by atoms with Gasteiger partial charge in [-0.05, 0) is 53.0 Å². The predicted octanol–water partition coefficient (Wildman–Crippen LogP) is 4.46. The van der Waals surface area contributed by atoms with Crippen LogP contribution in [0.1, 0.15) is 24.6 Å². The fourth-order valence-corrected chi connectivity index (χ4v) is 2.64. The first-order chi connectivity index (χ1) is 10.3. The molecular weight excluding hydrogens is 330 g/mol. The third-order valence-corrected chi connectivity index (χ3v) is 3.86. The van der Waals surface area contributed by atoms with Gasteiger partial charge in [0.1, 0.15) is 16.2 Å². The molecule has 3 aromatic rings.